The number of benzene rings is 2. The van der Waals surface area contributed by atoms with Crippen LogP contribution < -0.4 is 10.1 Å². The van der Waals surface area contributed by atoms with Gasteiger partial charge in [0.2, 0.25) is 0 Å². The van der Waals surface area contributed by atoms with Crippen LogP contribution >= 0.6 is 11.6 Å². The SMILES string of the molecule is CCOc1cccc(-c2ccc(CNC3CC3)cc2Cl)c1. The van der Waals surface area contributed by atoms with Crippen LogP contribution in [0.2, 0.25) is 5.02 Å². The molecular weight excluding hydrogens is 282 g/mol. The quantitative estimate of drug-likeness (QED) is 0.838. The summed E-state index contributed by atoms with van der Waals surface area (Å²) < 4.78 is 5.55. The van der Waals surface area contributed by atoms with Gasteiger partial charge in [-0.2, -0.15) is 0 Å². The third-order valence-corrected chi connectivity index (χ3v) is 3.97. The molecule has 2 aromatic carbocycles. The zero-order valence-corrected chi connectivity index (χ0v) is 13.0. The van der Waals surface area contributed by atoms with Crippen LogP contribution in [0.5, 0.6) is 5.75 Å². The van der Waals surface area contributed by atoms with Gasteiger partial charge < -0.3 is 10.1 Å². The Morgan fingerprint density at radius 1 is 1.19 bits per heavy atom. The van der Waals surface area contributed by atoms with E-state index in [2.05, 4.69) is 29.6 Å². The largest absolute Gasteiger partial charge is 0.494 e. The van der Waals surface area contributed by atoms with Crippen molar-refractivity contribution >= 4 is 11.6 Å². The average Bonchev–Trinajstić information content (AvgIpc) is 3.30. The van der Waals surface area contributed by atoms with Gasteiger partial charge in [0.15, 0.2) is 0 Å². The second kappa shape index (κ2) is 6.50. The topological polar surface area (TPSA) is 21.3 Å². The van der Waals surface area contributed by atoms with Gasteiger partial charge in [0.1, 0.15) is 5.75 Å². The van der Waals surface area contributed by atoms with Crippen molar-refractivity contribution in [1.82, 2.24) is 5.32 Å². The number of nitrogens with one attached hydrogen (secondary N) is 1. The average molecular weight is 302 g/mol. The van der Waals surface area contributed by atoms with Crippen molar-refractivity contribution in [1.29, 1.82) is 0 Å². The van der Waals surface area contributed by atoms with Crippen molar-refractivity contribution < 1.29 is 4.74 Å². The lowest BCUT2D eigenvalue weighted by atomic mass is 10.0. The van der Waals surface area contributed by atoms with Crippen molar-refractivity contribution in [3.63, 3.8) is 0 Å². The maximum absolute atomic E-state index is 6.46. The molecule has 0 atom stereocenters. The highest BCUT2D eigenvalue weighted by Crippen LogP contribution is 2.31. The fourth-order valence-electron chi connectivity index (χ4n) is 2.37. The summed E-state index contributed by atoms with van der Waals surface area (Å²) in [5.74, 6) is 0.880. The van der Waals surface area contributed by atoms with Gasteiger partial charge in [-0.05, 0) is 49.1 Å². The Bertz CT molecular complexity index is 622. The molecule has 0 heterocycles. The van der Waals surface area contributed by atoms with E-state index in [1.54, 1.807) is 0 Å². The maximum Gasteiger partial charge on any atom is 0.119 e. The van der Waals surface area contributed by atoms with Gasteiger partial charge in [-0.15, -0.1) is 0 Å². The Hall–Kier alpha value is -1.51. The monoisotopic (exact) mass is 301 g/mol. The number of rotatable bonds is 6. The Labute approximate surface area is 131 Å². The first-order valence-corrected chi connectivity index (χ1v) is 7.89. The van der Waals surface area contributed by atoms with E-state index in [1.807, 2.05) is 25.1 Å². The van der Waals surface area contributed by atoms with E-state index in [0.29, 0.717) is 12.6 Å². The molecule has 21 heavy (non-hydrogen) atoms. The summed E-state index contributed by atoms with van der Waals surface area (Å²) in [5, 5.41) is 4.30. The Balaban J connectivity index is 1.79. The van der Waals surface area contributed by atoms with Crippen molar-refractivity contribution in [2.75, 3.05) is 6.61 Å². The van der Waals surface area contributed by atoms with E-state index in [9.17, 15) is 0 Å². The fourth-order valence-corrected chi connectivity index (χ4v) is 2.68. The van der Waals surface area contributed by atoms with Crippen LogP contribution in [0.4, 0.5) is 0 Å². The summed E-state index contributed by atoms with van der Waals surface area (Å²) in [6, 6.07) is 15.1. The highest BCUT2D eigenvalue weighted by Gasteiger charge is 2.20. The molecule has 2 nitrogen and oxygen atoms in total. The summed E-state index contributed by atoms with van der Waals surface area (Å²) in [6.07, 6.45) is 2.60. The molecule has 0 saturated heterocycles. The summed E-state index contributed by atoms with van der Waals surface area (Å²) in [5.41, 5.74) is 3.37. The Morgan fingerprint density at radius 2 is 2.05 bits per heavy atom. The molecule has 0 aliphatic heterocycles. The second-order valence-corrected chi connectivity index (χ2v) is 5.84. The first-order valence-electron chi connectivity index (χ1n) is 7.51. The molecule has 1 saturated carbocycles. The summed E-state index contributed by atoms with van der Waals surface area (Å²) in [6.45, 7) is 3.55. The number of hydrogen-bond donors (Lipinski definition) is 1. The van der Waals surface area contributed by atoms with E-state index < -0.39 is 0 Å². The minimum absolute atomic E-state index is 0.670. The number of halogens is 1. The van der Waals surface area contributed by atoms with Crippen LogP contribution in [0.1, 0.15) is 25.3 Å². The minimum atomic E-state index is 0.670. The van der Waals surface area contributed by atoms with Crippen LogP contribution in [0.15, 0.2) is 42.5 Å². The van der Waals surface area contributed by atoms with Crippen molar-refractivity contribution in [3.05, 3.63) is 53.1 Å². The zero-order chi connectivity index (χ0) is 14.7. The molecular formula is C18H20ClNO. The third kappa shape index (κ3) is 3.78. The van der Waals surface area contributed by atoms with Gasteiger partial charge in [-0.3, -0.25) is 0 Å². The molecule has 0 unspecified atom stereocenters. The van der Waals surface area contributed by atoms with Crippen molar-refractivity contribution in [3.8, 4) is 16.9 Å². The van der Waals surface area contributed by atoms with E-state index >= 15 is 0 Å². The summed E-state index contributed by atoms with van der Waals surface area (Å²) >= 11 is 6.46. The van der Waals surface area contributed by atoms with Gasteiger partial charge in [-0.1, -0.05) is 35.9 Å². The number of hydrogen-bond acceptors (Lipinski definition) is 2. The highest BCUT2D eigenvalue weighted by atomic mass is 35.5. The van der Waals surface area contributed by atoms with E-state index in [-0.39, 0.29) is 0 Å². The third-order valence-electron chi connectivity index (χ3n) is 3.66. The molecule has 3 rings (SSSR count). The first-order chi connectivity index (χ1) is 10.3. The standard InChI is InChI=1S/C18H20ClNO/c1-2-21-16-5-3-4-14(11-16)17-9-6-13(10-18(17)19)12-20-15-7-8-15/h3-6,9-11,15,20H,2,7-8,12H2,1H3. The van der Waals surface area contributed by atoms with Gasteiger partial charge in [0, 0.05) is 23.2 Å². The van der Waals surface area contributed by atoms with Crippen LogP contribution in [-0.2, 0) is 6.54 Å². The Kier molecular flexibility index (Phi) is 4.47. The van der Waals surface area contributed by atoms with Crippen LogP contribution in [-0.4, -0.2) is 12.6 Å². The normalized spacial score (nSPS) is 14.2. The van der Waals surface area contributed by atoms with Gasteiger partial charge in [0.25, 0.3) is 0 Å². The fraction of sp³-hybridized carbons (Fsp3) is 0.333. The summed E-state index contributed by atoms with van der Waals surface area (Å²) in [7, 11) is 0. The smallest absolute Gasteiger partial charge is 0.119 e. The second-order valence-electron chi connectivity index (χ2n) is 5.43. The molecule has 3 heteroatoms. The maximum atomic E-state index is 6.46. The lowest BCUT2D eigenvalue weighted by Gasteiger charge is -2.10. The minimum Gasteiger partial charge on any atom is -0.494 e. The molecule has 1 aliphatic rings. The summed E-state index contributed by atoms with van der Waals surface area (Å²) in [4.78, 5) is 0. The molecule has 1 fully saturated rings. The predicted molar refractivity (Wildman–Crippen MR) is 87.9 cm³/mol. The molecule has 110 valence electrons. The first kappa shape index (κ1) is 14.4. The predicted octanol–water partition coefficient (Wildman–Crippen LogP) is 4.66. The van der Waals surface area contributed by atoms with E-state index in [4.69, 9.17) is 16.3 Å². The highest BCUT2D eigenvalue weighted by molar-refractivity contribution is 6.33. The molecule has 0 bridgehead atoms. The zero-order valence-electron chi connectivity index (χ0n) is 12.2. The molecule has 0 aromatic heterocycles. The molecule has 0 radical (unpaired) electrons. The van der Waals surface area contributed by atoms with Gasteiger partial charge in [0.05, 0.1) is 6.61 Å². The molecule has 1 aliphatic carbocycles. The molecule has 0 spiro atoms. The van der Waals surface area contributed by atoms with Gasteiger partial charge >= 0.3 is 0 Å². The van der Waals surface area contributed by atoms with E-state index in [1.165, 1.54) is 18.4 Å². The Morgan fingerprint density at radius 3 is 2.76 bits per heavy atom. The van der Waals surface area contributed by atoms with Crippen molar-refractivity contribution in [2.45, 2.75) is 32.4 Å². The van der Waals surface area contributed by atoms with Crippen LogP contribution in [0.3, 0.4) is 0 Å². The molecule has 1 N–H and O–H groups in total. The molecule has 0 amide bonds. The van der Waals surface area contributed by atoms with Crippen LogP contribution in [0.25, 0.3) is 11.1 Å². The lowest BCUT2D eigenvalue weighted by molar-refractivity contribution is 0.340. The van der Waals surface area contributed by atoms with Crippen molar-refractivity contribution in [2.24, 2.45) is 0 Å². The molecule has 2 aromatic rings. The lowest BCUT2D eigenvalue weighted by Crippen LogP contribution is -2.15. The number of ether oxygens (including phenoxy) is 1. The van der Waals surface area contributed by atoms with Crippen LogP contribution in [0, 0.1) is 0 Å². The van der Waals surface area contributed by atoms with E-state index in [0.717, 1.165) is 28.4 Å². The van der Waals surface area contributed by atoms with Gasteiger partial charge in [-0.25, -0.2) is 0 Å².